The molecule has 2 N–H and O–H groups in total. The van der Waals surface area contributed by atoms with Gasteiger partial charge in [-0.15, -0.1) is 0 Å². The highest BCUT2D eigenvalue weighted by atomic mass is 32.1. The van der Waals surface area contributed by atoms with Gasteiger partial charge in [0.15, 0.2) is 4.77 Å². The molecule has 0 radical (unpaired) electrons. The lowest BCUT2D eigenvalue weighted by atomic mass is 10.0. The molecule has 0 saturated heterocycles. The zero-order valence-corrected chi connectivity index (χ0v) is 18.8. The van der Waals surface area contributed by atoms with Crippen molar-refractivity contribution in [1.29, 1.82) is 0 Å². The Kier molecular flexibility index (Phi) is 6.37. The fourth-order valence-electron chi connectivity index (χ4n) is 3.46. The van der Waals surface area contributed by atoms with E-state index in [9.17, 15) is 20.0 Å². The van der Waals surface area contributed by atoms with E-state index >= 15 is 0 Å². The number of allylic oxidation sites excluding steroid dienone is 1. The normalized spacial score (nSPS) is 11.3. The number of nitro groups is 1. The van der Waals surface area contributed by atoms with Crippen LogP contribution in [-0.4, -0.2) is 19.6 Å². The summed E-state index contributed by atoms with van der Waals surface area (Å²) in [6.45, 7) is 1.63. The first-order valence-electron chi connectivity index (χ1n) is 10.2. The lowest BCUT2D eigenvalue weighted by molar-refractivity contribution is -0.385. The number of aromatic hydroxyl groups is 1. The quantitative estimate of drug-likeness (QED) is 0.206. The van der Waals surface area contributed by atoms with Crippen LogP contribution in [0.25, 0.3) is 17.3 Å². The molecule has 1 aromatic heterocycles. The average molecular weight is 474 g/mol. The number of H-pyrrole nitrogens is 1. The van der Waals surface area contributed by atoms with E-state index in [4.69, 9.17) is 17.0 Å². The zero-order chi connectivity index (χ0) is 24.2. The highest BCUT2D eigenvalue weighted by Gasteiger charge is 2.17. The molecule has 0 saturated carbocycles. The minimum atomic E-state index is -0.610. The van der Waals surface area contributed by atoms with E-state index < -0.39 is 10.5 Å². The highest BCUT2D eigenvalue weighted by molar-refractivity contribution is 7.71. The Morgan fingerprint density at radius 3 is 2.32 bits per heavy atom. The minimum Gasteiger partial charge on any atom is -0.494 e. The Hall–Kier alpha value is -4.50. The molecule has 0 aliphatic carbocycles. The van der Waals surface area contributed by atoms with Crippen LogP contribution in [0, 0.1) is 14.9 Å². The van der Waals surface area contributed by atoms with Gasteiger partial charge in [0.2, 0.25) is 5.88 Å². The van der Waals surface area contributed by atoms with Crippen molar-refractivity contribution in [3.63, 3.8) is 0 Å². The van der Waals surface area contributed by atoms with Crippen molar-refractivity contribution < 1.29 is 14.8 Å². The lowest BCUT2D eigenvalue weighted by Crippen LogP contribution is -2.16. The van der Waals surface area contributed by atoms with Gasteiger partial charge in [-0.25, -0.2) is 0 Å². The van der Waals surface area contributed by atoms with Crippen LogP contribution in [0.3, 0.4) is 0 Å². The lowest BCUT2D eigenvalue weighted by Gasteiger charge is -2.13. The fourth-order valence-corrected chi connectivity index (χ4v) is 3.74. The second-order valence-electron chi connectivity index (χ2n) is 7.34. The van der Waals surface area contributed by atoms with Gasteiger partial charge in [-0.3, -0.25) is 24.5 Å². The smallest absolute Gasteiger partial charge is 0.276 e. The van der Waals surface area contributed by atoms with E-state index in [0.717, 1.165) is 0 Å². The van der Waals surface area contributed by atoms with Gasteiger partial charge in [0, 0.05) is 6.07 Å². The minimum absolute atomic E-state index is 0.000257. The van der Waals surface area contributed by atoms with Crippen molar-refractivity contribution in [3.05, 3.63) is 115 Å². The molecule has 0 aliphatic rings. The van der Waals surface area contributed by atoms with Crippen LogP contribution in [0.15, 0.2) is 83.7 Å². The van der Waals surface area contributed by atoms with Crippen LogP contribution in [0.1, 0.15) is 18.1 Å². The van der Waals surface area contributed by atoms with E-state index in [2.05, 4.69) is 4.98 Å². The number of ether oxygens (including phenoxy) is 1. The van der Waals surface area contributed by atoms with Crippen LogP contribution in [0.4, 0.5) is 5.69 Å². The number of aromatic amines is 1. The van der Waals surface area contributed by atoms with Gasteiger partial charge in [0.05, 0.1) is 16.2 Å². The first kappa shape index (κ1) is 22.7. The van der Waals surface area contributed by atoms with Crippen molar-refractivity contribution in [2.75, 3.05) is 0 Å². The molecular weight excluding hydrogens is 454 g/mol. The first-order chi connectivity index (χ1) is 16.3. The summed E-state index contributed by atoms with van der Waals surface area (Å²) in [6, 6.07) is 22.3. The van der Waals surface area contributed by atoms with Gasteiger partial charge in [-0.05, 0) is 73.3 Å². The topological polar surface area (TPSA) is 110 Å². The predicted molar refractivity (Wildman–Crippen MR) is 132 cm³/mol. The van der Waals surface area contributed by atoms with Gasteiger partial charge in [0.25, 0.3) is 11.2 Å². The Morgan fingerprint density at radius 1 is 1.03 bits per heavy atom. The third-order valence-electron chi connectivity index (χ3n) is 5.08. The number of hydrogen-bond acceptors (Lipinski definition) is 6. The number of nitrogens with one attached hydrogen (secondary N) is 1. The number of hydrogen-bond donors (Lipinski definition) is 2. The van der Waals surface area contributed by atoms with Crippen molar-refractivity contribution in [3.8, 4) is 23.1 Å². The summed E-state index contributed by atoms with van der Waals surface area (Å²) in [5.74, 6) is 0.873. The molecule has 4 aromatic rings. The summed E-state index contributed by atoms with van der Waals surface area (Å²) in [6.07, 6.45) is 1.40. The third-order valence-corrected chi connectivity index (χ3v) is 5.37. The monoisotopic (exact) mass is 473 g/mol. The van der Waals surface area contributed by atoms with E-state index in [-0.39, 0.29) is 21.9 Å². The number of rotatable bonds is 6. The van der Waals surface area contributed by atoms with Gasteiger partial charge < -0.3 is 9.84 Å². The maximum absolute atomic E-state index is 12.6. The Balaban J connectivity index is 1.74. The van der Waals surface area contributed by atoms with Crippen LogP contribution in [0.2, 0.25) is 0 Å². The molecule has 3 aromatic carbocycles. The van der Waals surface area contributed by atoms with Gasteiger partial charge in [-0.2, -0.15) is 0 Å². The second kappa shape index (κ2) is 9.55. The standard InChI is InChI=1S/C25H19N3O5S/c1-16(20-9-5-6-10-22(20)28(31)32)15-21-23(29)26-25(34)27(24(21)30)17-11-13-19(14-12-17)33-18-7-3-2-4-8-18/h2-15,30H,1H3,(H,26,29,34). The van der Waals surface area contributed by atoms with Crippen molar-refractivity contribution in [2.45, 2.75) is 6.92 Å². The molecule has 8 nitrogen and oxygen atoms in total. The fraction of sp³-hybridized carbons (Fsp3) is 0.0400. The molecule has 0 bridgehead atoms. The molecule has 0 amide bonds. The molecule has 0 atom stereocenters. The van der Waals surface area contributed by atoms with Gasteiger partial charge >= 0.3 is 0 Å². The van der Waals surface area contributed by atoms with E-state index in [1.807, 2.05) is 30.3 Å². The summed E-state index contributed by atoms with van der Waals surface area (Å²) in [7, 11) is 0. The molecule has 0 spiro atoms. The van der Waals surface area contributed by atoms with Crippen LogP contribution in [0.5, 0.6) is 17.4 Å². The summed E-state index contributed by atoms with van der Waals surface area (Å²) in [4.78, 5) is 26.0. The highest BCUT2D eigenvalue weighted by Crippen LogP contribution is 2.29. The average Bonchev–Trinajstić information content (AvgIpc) is 2.83. The Bertz CT molecular complexity index is 1510. The maximum atomic E-state index is 12.6. The summed E-state index contributed by atoms with van der Waals surface area (Å²) in [5, 5.41) is 22.3. The Morgan fingerprint density at radius 2 is 1.65 bits per heavy atom. The van der Waals surface area contributed by atoms with E-state index in [1.165, 1.54) is 16.7 Å². The summed E-state index contributed by atoms with van der Waals surface area (Å²) >= 11 is 5.27. The molecule has 0 fully saturated rings. The van der Waals surface area contributed by atoms with Gasteiger partial charge in [0.1, 0.15) is 17.1 Å². The second-order valence-corrected chi connectivity index (χ2v) is 7.73. The summed E-state index contributed by atoms with van der Waals surface area (Å²) in [5.41, 5.74) is 0.478. The molecule has 1 heterocycles. The molecule has 34 heavy (non-hydrogen) atoms. The molecule has 170 valence electrons. The Labute approximate surface area is 199 Å². The molecular formula is C25H19N3O5S. The number of nitrogens with zero attached hydrogens (tertiary/aromatic N) is 2. The van der Waals surface area contributed by atoms with Crippen molar-refractivity contribution in [1.82, 2.24) is 9.55 Å². The number of para-hydroxylation sites is 2. The SMILES string of the molecule is CC(=Cc1c(O)n(-c2ccc(Oc3ccccc3)cc2)c(=S)[nH]c1=O)c1ccccc1[N+](=O)[O-]. The maximum Gasteiger partial charge on any atom is 0.276 e. The van der Waals surface area contributed by atoms with Crippen LogP contribution in [-0.2, 0) is 0 Å². The van der Waals surface area contributed by atoms with E-state index in [0.29, 0.717) is 28.3 Å². The van der Waals surface area contributed by atoms with Crippen LogP contribution < -0.4 is 10.3 Å². The zero-order valence-electron chi connectivity index (χ0n) is 18.0. The molecule has 9 heteroatoms. The molecule has 0 aliphatic heterocycles. The summed E-state index contributed by atoms with van der Waals surface area (Å²) < 4.78 is 7.09. The number of nitro benzene ring substituents is 1. The number of benzene rings is 3. The van der Waals surface area contributed by atoms with Crippen molar-refractivity contribution >= 4 is 29.6 Å². The molecule has 4 rings (SSSR count). The van der Waals surface area contributed by atoms with Crippen molar-refractivity contribution in [2.24, 2.45) is 0 Å². The largest absolute Gasteiger partial charge is 0.494 e. The third kappa shape index (κ3) is 4.64. The van der Waals surface area contributed by atoms with Crippen LogP contribution >= 0.6 is 12.2 Å². The van der Waals surface area contributed by atoms with Gasteiger partial charge in [-0.1, -0.05) is 30.3 Å². The number of aromatic nitrogens is 2. The first-order valence-corrected chi connectivity index (χ1v) is 10.6. The molecule has 0 unspecified atom stereocenters. The van der Waals surface area contributed by atoms with E-state index in [1.54, 1.807) is 49.4 Å². The predicted octanol–water partition coefficient (Wildman–Crippen LogP) is 5.86.